The van der Waals surface area contributed by atoms with Crippen LogP contribution in [0.15, 0.2) is 31.2 Å². The molecule has 0 radical (unpaired) electrons. The summed E-state index contributed by atoms with van der Waals surface area (Å²) >= 11 is 0. The van der Waals surface area contributed by atoms with Gasteiger partial charge in [0.05, 0.1) is 17.8 Å². The molecule has 8 heteroatoms. The molecule has 0 aromatic carbocycles. The topological polar surface area (TPSA) is 99.0 Å². The minimum atomic E-state index is -0.525. The van der Waals surface area contributed by atoms with Gasteiger partial charge in [0.2, 0.25) is 5.91 Å². The number of nitrogens with two attached hydrogens (primary N) is 1. The van der Waals surface area contributed by atoms with E-state index in [1.165, 1.54) is 6.08 Å². The number of piperidine rings is 1. The molecule has 0 aliphatic carbocycles. The number of hydrogen-bond acceptors (Lipinski definition) is 4. The SMILES string of the molecule is C=CC(=O)N1CCC[C@@H](n2cc(C(N)=O)c(-c3cnn(CC(C)C)c3)n2)C1. The highest BCUT2D eigenvalue weighted by Gasteiger charge is 2.26. The number of amides is 2. The van der Waals surface area contributed by atoms with Crippen molar-refractivity contribution >= 4 is 11.8 Å². The number of rotatable bonds is 6. The van der Waals surface area contributed by atoms with Crippen LogP contribution >= 0.6 is 0 Å². The molecule has 1 fully saturated rings. The maximum Gasteiger partial charge on any atom is 0.252 e. The van der Waals surface area contributed by atoms with Crippen LogP contribution in [0.5, 0.6) is 0 Å². The highest BCUT2D eigenvalue weighted by atomic mass is 16.2. The molecule has 144 valence electrons. The highest BCUT2D eigenvalue weighted by molar-refractivity contribution is 5.98. The maximum absolute atomic E-state index is 12.0. The number of primary amides is 1. The van der Waals surface area contributed by atoms with Crippen LogP contribution in [0.25, 0.3) is 11.3 Å². The van der Waals surface area contributed by atoms with Crippen LogP contribution in [-0.4, -0.2) is 49.4 Å². The number of nitrogens with zero attached hydrogens (tertiary/aromatic N) is 5. The van der Waals surface area contributed by atoms with E-state index in [1.54, 1.807) is 22.0 Å². The number of carbonyl (C=O) groups excluding carboxylic acids is 2. The zero-order valence-electron chi connectivity index (χ0n) is 15.8. The summed E-state index contributed by atoms with van der Waals surface area (Å²) in [5.41, 5.74) is 7.24. The molecule has 0 saturated carbocycles. The second-order valence-corrected chi connectivity index (χ2v) is 7.36. The molecule has 0 bridgehead atoms. The van der Waals surface area contributed by atoms with Crippen molar-refractivity contribution < 1.29 is 9.59 Å². The Morgan fingerprint density at radius 3 is 2.85 bits per heavy atom. The Morgan fingerprint density at radius 1 is 1.41 bits per heavy atom. The standard InChI is InChI=1S/C19H26N6O2/c1-4-17(26)23-7-5-6-15(11-23)25-12-16(19(20)27)18(22-25)14-8-21-24(10-14)9-13(2)3/h4,8,10,12-13,15H,1,5-7,9,11H2,2-3H3,(H2,20,27)/t15-/m1/s1. The summed E-state index contributed by atoms with van der Waals surface area (Å²) in [6.07, 6.45) is 8.35. The average molecular weight is 370 g/mol. The lowest BCUT2D eigenvalue weighted by Crippen LogP contribution is -2.40. The van der Waals surface area contributed by atoms with Crippen LogP contribution in [-0.2, 0) is 11.3 Å². The van der Waals surface area contributed by atoms with Crippen molar-refractivity contribution in [2.24, 2.45) is 11.7 Å². The second kappa shape index (κ2) is 7.77. The van der Waals surface area contributed by atoms with Gasteiger partial charge in [-0.15, -0.1) is 0 Å². The molecule has 2 amide bonds. The quantitative estimate of drug-likeness (QED) is 0.785. The molecule has 1 aliphatic rings. The van der Waals surface area contributed by atoms with Crippen molar-refractivity contribution in [2.75, 3.05) is 13.1 Å². The first-order valence-electron chi connectivity index (χ1n) is 9.22. The maximum atomic E-state index is 12.0. The third-order valence-electron chi connectivity index (χ3n) is 4.71. The molecule has 3 heterocycles. The summed E-state index contributed by atoms with van der Waals surface area (Å²) < 4.78 is 3.60. The minimum Gasteiger partial charge on any atom is -0.365 e. The molecule has 8 nitrogen and oxygen atoms in total. The van der Waals surface area contributed by atoms with Gasteiger partial charge in [-0.2, -0.15) is 10.2 Å². The predicted molar refractivity (Wildman–Crippen MR) is 102 cm³/mol. The summed E-state index contributed by atoms with van der Waals surface area (Å²) in [7, 11) is 0. The number of carbonyl (C=O) groups is 2. The van der Waals surface area contributed by atoms with Crippen LogP contribution < -0.4 is 5.73 Å². The van der Waals surface area contributed by atoms with Crippen molar-refractivity contribution in [3.8, 4) is 11.3 Å². The molecular weight excluding hydrogens is 344 g/mol. The van der Waals surface area contributed by atoms with Gasteiger partial charge in [-0.05, 0) is 24.8 Å². The van der Waals surface area contributed by atoms with Gasteiger partial charge in [0.25, 0.3) is 5.91 Å². The Hall–Kier alpha value is -2.90. The molecule has 1 aliphatic heterocycles. The van der Waals surface area contributed by atoms with E-state index in [4.69, 9.17) is 5.73 Å². The summed E-state index contributed by atoms with van der Waals surface area (Å²) in [4.78, 5) is 25.6. The zero-order chi connectivity index (χ0) is 19.6. The lowest BCUT2D eigenvalue weighted by atomic mass is 10.1. The van der Waals surface area contributed by atoms with Crippen molar-refractivity contribution in [3.63, 3.8) is 0 Å². The van der Waals surface area contributed by atoms with Crippen LogP contribution in [0.4, 0.5) is 0 Å². The van der Waals surface area contributed by atoms with E-state index in [9.17, 15) is 9.59 Å². The molecule has 2 N–H and O–H groups in total. The van der Waals surface area contributed by atoms with E-state index in [0.29, 0.717) is 30.3 Å². The fraction of sp³-hybridized carbons (Fsp3) is 0.474. The summed E-state index contributed by atoms with van der Waals surface area (Å²) in [6.45, 7) is 9.82. The Labute approximate surface area is 158 Å². The average Bonchev–Trinajstić information content (AvgIpc) is 3.27. The second-order valence-electron chi connectivity index (χ2n) is 7.36. The van der Waals surface area contributed by atoms with Gasteiger partial charge >= 0.3 is 0 Å². The van der Waals surface area contributed by atoms with Crippen molar-refractivity contribution in [1.82, 2.24) is 24.5 Å². The molecule has 3 rings (SSSR count). The molecule has 1 saturated heterocycles. The number of aromatic nitrogens is 4. The zero-order valence-corrected chi connectivity index (χ0v) is 15.8. The van der Waals surface area contributed by atoms with E-state index in [1.807, 2.05) is 10.9 Å². The van der Waals surface area contributed by atoms with Crippen molar-refractivity contribution in [2.45, 2.75) is 39.3 Å². The summed E-state index contributed by atoms with van der Waals surface area (Å²) in [6, 6.07) is 0.000193. The van der Waals surface area contributed by atoms with Gasteiger partial charge in [-0.25, -0.2) is 0 Å². The first-order valence-corrected chi connectivity index (χ1v) is 9.22. The van der Waals surface area contributed by atoms with E-state index >= 15 is 0 Å². The lowest BCUT2D eigenvalue weighted by Gasteiger charge is -2.32. The first-order chi connectivity index (χ1) is 12.9. The van der Waals surface area contributed by atoms with E-state index in [2.05, 4.69) is 30.6 Å². The molecular formula is C19H26N6O2. The summed E-state index contributed by atoms with van der Waals surface area (Å²) in [5, 5.41) is 8.99. The fourth-order valence-electron chi connectivity index (χ4n) is 3.43. The van der Waals surface area contributed by atoms with Gasteiger partial charge in [-0.3, -0.25) is 19.0 Å². The smallest absolute Gasteiger partial charge is 0.252 e. The highest BCUT2D eigenvalue weighted by Crippen LogP contribution is 2.27. The Bertz CT molecular complexity index is 850. The predicted octanol–water partition coefficient (Wildman–Crippen LogP) is 1.85. The normalized spacial score (nSPS) is 17.3. The van der Waals surface area contributed by atoms with Gasteiger partial charge in [-0.1, -0.05) is 20.4 Å². The minimum absolute atomic E-state index is 0.000193. The molecule has 27 heavy (non-hydrogen) atoms. The molecule has 2 aromatic heterocycles. The van der Waals surface area contributed by atoms with Crippen LogP contribution in [0.1, 0.15) is 43.1 Å². The molecule has 0 spiro atoms. The van der Waals surface area contributed by atoms with E-state index in [0.717, 1.165) is 24.9 Å². The third kappa shape index (κ3) is 4.10. The first kappa shape index (κ1) is 18.9. The summed E-state index contributed by atoms with van der Waals surface area (Å²) in [5.74, 6) is -0.151. The van der Waals surface area contributed by atoms with Gasteiger partial charge in [0, 0.05) is 37.6 Å². The molecule has 2 aromatic rings. The third-order valence-corrected chi connectivity index (χ3v) is 4.71. The fourth-order valence-corrected chi connectivity index (χ4v) is 3.43. The Balaban J connectivity index is 1.89. The van der Waals surface area contributed by atoms with Gasteiger partial charge in [0.1, 0.15) is 5.69 Å². The van der Waals surface area contributed by atoms with E-state index < -0.39 is 5.91 Å². The largest absolute Gasteiger partial charge is 0.365 e. The van der Waals surface area contributed by atoms with Gasteiger partial charge < -0.3 is 10.6 Å². The van der Waals surface area contributed by atoms with Crippen LogP contribution in [0.3, 0.4) is 0 Å². The Kier molecular flexibility index (Phi) is 5.43. The van der Waals surface area contributed by atoms with Gasteiger partial charge in [0.15, 0.2) is 0 Å². The van der Waals surface area contributed by atoms with E-state index in [-0.39, 0.29) is 11.9 Å². The Morgan fingerprint density at radius 2 is 2.19 bits per heavy atom. The number of likely N-dealkylation sites (tertiary alicyclic amines) is 1. The van der Waals surface area contributed by atoms with Crippen LogP contribution in [0.2, 0.25) is 0 Å². The lowest BCUT2D eigenvalue weighted by molar-refractivity contribution is -0.127. The van der Waals surface area contributed by atoms with Crippen LogP contribution in [0, 0.1) is 5.92 Å². The molecule has 0 unspecified atom stereocenters. The van der Waals surface area contributed by atoms with Crippen molar-refractivity contribution in [1.29, 1.82) is 0 Å². The van der Waals surface area contributed by atoms with Crippen molar-refractivity contribution in [3.05, 3.63) is 36.8 Å². The molecule has 1 atom stereocenters. The number of hydrogen-bond donors (Lipinski definition) is 1. The monoisotopic (exact) mass is 370 g/mol.